The molecule has 1 spiro atoms. The number of aliphatic hydroxyl groups is 2. The maximum atomic E-state index is 9.54. The molecule has 3 atom stereocenters. The smallest absolute Gasteiger partial charge is 0.103 e. The number of hydrogen-bond acceptors (Lipinski definition) is 4. The molecular formula is C9H17NO3. The van der Waals surface area contributed by atoms with Gasteiger partial charge in [-0.1, -0.05) is 0 Å². The van der Waals surface area contributed by atoms with E-state index in [2.05, 4.69) is 5.32 Å². The number of piperidine rings is 1. The molecule has 0 aromatic heterocycles. The van der Waals surface area contributed by atoms with Crippen molar-refractivity contribution >= 4 is 0 Å². The van der Waals surface area contributed by atoms with E-state index in [9.17, 15) is 10.2 Å². The molecule has 3 N–H and O–H groups in total. The lowest BCUT2D eigenvalue weighted by atomic mass is 9.84. The summed E-state index contributed by atoms with van der Waals surface area (Å²) in [6.45, 7) is 2.10. The summed E-state index contributed by atoms with van der Waals surface area (Å²) >= 11 is 0. The van der Waals surface area contributed by atoms with Crippen molar-refractivity contribution in [1.29, 1.82) is 0 Å². The summed E-state index contributed by atoms with van der Waals surface area (Å²) in [7, 11) is 0. The number of ether oxygens (including phenoxy) is 1. The highest BCUT2D eigenvalue weighted by atomic mass is 16.5. The molecule has 0 bridgehead atoms. The largest absolute Gasteiger partial charge is 0.390 e. The fraction of sp³-hybridized carbons (Fsp3) is 1.00. The highest BCUT2D eigenvalue weighted by Gasteiger charge is 2.41. The molecule has 0 radical (unpaired) electrons. The number of nitrogens with one attached hydrogen (secondary N) is 1. The number of rotatable bonds is 0. The second-order valence-electron chi connectivity index (χ2n) is 4.11. The highest BCUT2D eigenvalue weighted by Crippen LogP contribution is 2.31. The lowest BCUT2D eigenvalue weighted by molar-refractivity contribution is -0.177. The third-order valence-corrected chi connectivity index (χ3v) is 3.02. The minimum absolute atomic E-state index is 0.211. The van der Waals surface area contributed by atoms with Gasteiger partial charge in [0, 0.05) is 13.0 Å². The van der Waals surface area contributed by atoms with Gasteiger partial charge >= 0.3 is 0 Å². The van der Waals surface area contributed by atoms with Crippen molar-refractivity contribution in [3.8, 4) is 0 Å². The summed E-state index contributed by atoms with van der Waals surface area (Å²) in [5, 5.41) is 22.1. The molecule has 2 aliphatic heterocycles. The van der Waals surface area contributed by atoms with E-state index in [4.69, 9.17) is 4.74 Å². The van der Waals surface area contributed by atoms with Crippen LogP contribution in [0.2, 0.25) is 0 Å². The van der Waals surface area contributed by atoms with Gasteiger partial charge in [0.05, 0.1) is 18.3 Å². The molecule has 0 aromatic rings. The summed E-state index contributed by atoms with van der Waals surface area (Å²) in [6, 6.07) is 0. The van der Waals surface area contributed by atoms with Gasteiger partial charge in [0.1, 0.15) is 6.10 Å². The van der Waals surface area contributed by atoms with Crippen LogP contribution in [0.15, 0.2) is 0 Å². The van der Waals surface area contributed by atoms with Crippen molar-refractivity contribution in [3.05, 3.63) is 0 Å². The first kappa shape index (κ1) is 9.40. The van der Waals surface area contributed by atoms with E-state index in [-0.39, 0.29) is 12.2 Å². The fourth-order valence-electron chi connectivity index (χ4n) is 2.19. The second kappa shape index (κ2) is 3.53. The third-order valence-electron chi connectivity index (χ3n) is 3.02. The zero-order valence-electron chi connectivity index (χ0n) is 7.70. The van der Waals surface area contributed by atoms with Gasteiger partial charge in [0.15, 0.2) is 0 Å². The molecule has 0 amide bonds. The molecule has 2 heterocycles. The van der Waals surface area contributed by atoms with Gasteiger partial charge < -0.3 is 20.3 Å². The van der Waals surface area contributed by atoms with Crippen LogP contribution in [0.4, 0.5) is 0 Å². The van der Waals surface area contributed by atoms with Crippen molar-refractivity contribution in [3.63, 3.8) is 0 Å². The average molecular weight is 187 g/mol. The Hall–Kier alpha value is -0.160. The fourth-order valence-corrected chi connectivity index (χ4v) is 2.19. The van der Waals surface area contributed by atoms with E-state index in [0.717, 1.165) is 25.9 Å². The van der Waals surface area contributed by atoms with Gasteiger partial charge in [-0.15, -0.1) is 0 Å². The van der Waals surface area contributed by atoms with Crippen LogP contribution in [0.3, 0.4) is 0 Å². The molecule has 2 saturated heterocycles. The summed E-state index contributed by atoms with van der Waals surface area (Å²) in [5.41, 5.74) is -0.211. The molecule has 2 fully saturated rings. The van der Waals surface area contributed by atoms with E-state index < -0.39 is 12.2 Å². The molecule has 0 aromatic carbocycles. The molecule has 4 nitrogen and oxygen atoms in total. The van der Waals surface area contributed by atoms with Crippen LogP contribution in [-0.2, 0) is 4.74 Å². The van der Waals surface area contributed by atoms with Crippen molar-refractivity contribution in [2.24, 2.45) is 0 Å². The van der Waals surface area contributed by atoms with Crippen LogP contribution in [-0.4, -0.2) is 47.7 Å². The highest BCUT2D eigenvalue weighted by molar-refractivity contribution is 4.94. The third kappa shape index (κ3) is 1.86. The van der Waals surface area contributed by atoms with Gasteiger partial charge in [-0.3, -0.25) is 0 Å². The Kier molecular flexibility index (Phi) is 2.55. The second-order valence-corrected chi connectivity index (χ2v) is 4.11. The molecule has 13 heavy (non-hydrogen) atoms. The minimum Gasteiger partial charge on any atom is -0.390 e. The Morgan fingerprint density at radius 1 is 1.31 bits per heavy atom. The van der Waals surface area contributed by atoms with Crippen LogP contribution in [0.25, 0.3) is 0 Å². The van der Waals surface area contributed by atoms with Crippen molar-refractivity contribution in [1.82, 2.24) is 5.32 Å². The first-order valence-electron chi connectivity index (χ1n) is 4.93. The van der Waals surface area contributed by atoms with Gasteiger partial charge in [0.2, 0.25) is 0 Å². The summed E-state index contributed by atoms with van der Waals surface area (Å²) in [6.07, 6.45) is 1.31. The Balaban J connectivity index is 1.99. The zero-order chi connectivity index (χ0) is 9.31. The van der Waals surface area contributed by atoms with Crippen LogP contribution in [0.1, 0.15) is 19.3 Å². The molecule has 0 aliphatic carbocycles. The van der Waals surface area contributed by atoms with E-state index in [1.165, 1.54) is 0 Å². The molecule has 0 saturated carbocycles. The first-order valence-corrected chi connectivity index (χ1v) is 4.93. The maximum absolute atomic E-state index is 9.54. The Bertz CT molecular complexity index is 180. The monoisotopic (exact) mass is 187 g/mol. The number of hydrogen-bond donors (Lipinski definition) is 3. The maximum Gasteiger partial charge on any atom is 0.103 e. The normalized spacial score (nSPS) is 46.6. The number of aliphatic hydroxyl groups excluding tert-OH is 2. The molecule has 76 valence electrons. The van der Waals surface area contributed by atoms with E-state index in [1.807, 2.05) is 0 Å². The van der Waals surface area contributed by atoms with Gasteiger partial charge in [-0.25, -0.2) is 0 Å². The lowest BCUT2D eigenvalue weighted by Crippen LogP contribution is -2.56. The molecule has 2 aliphatic rings. The summed E-state index contributed by atoms with van der Waals surface area (Å²) in [4.78, 5) is 0. The topological polar surface area (TPSA) is 61.7 Å². The zero-order valence-corrected chi connectivity index (χ0v) is 7.70. The van der Waals surface area contributed by atoms with Crippen LogP contribution >= 0.6 is 0 Å². The Labute approximate surface area is 77.9 Å². The Morgan fingerprint density at radius 2 is 2.15 bits per heavy atom. The molecule has 4 heteroatoms. The van der Waals surface area contributed by atoms with Crippen molar-refractivity contribution < 1.29 is 14.9 Å². The average Bonchev–Trinajstić information content (AvgIpc) is 2.14. The molecule has 2 rings (SSSR count). The van der Waals surface area contributed by atoms with E-state index in [0.29, 0.717) is 6.42 Å². The quantitative estimate of drug-likeness (QED) is 0.467. The van der Waals surface area contributed by atoms with E-state index >= 15 is 0 Å². The van der Waals surface area contributed by atoms with Crippen molar-refractivity contribution in [2.45, 2.75) is 37.1 Å². The summed E-state index contributed by atoms with van der Waals surface area (Å²) < 4.78 is 5.62. The SMILES string of the molecule is O[C@@H]1CC2(CCCNC2)OC[C@@H]1O. The molecular weight excluding hydrogens is 170 g/mol. The minimum atomic E-state index is -0.701. The first-order chi connectivity index (χ1) is 6.22. The standard InChI is InChI=1S/C9H17NO3/c11-7-4-9(13-5-8(7)12)2-1-3-10-6-9/h7-8,10-12H,1-6H2/t7-,8+,9?/m1/s1. The Morgan fingerprint density at radius 3 is 2.77 bits per heavy atom. The predicted octanol–water partition coefficient (Wildman–Crippen LogP) is -0.749. The van der Waals surface area contributed by atoms with E-state index in [1.54, 1.807) is 0 Å². The van der Waals surface area contributed by atoms with Gasteiger partial charge in [-0.2, -0.15) is 0 Å². The molecule has 1 unspecified atom stereocenters. The van der Waals surface area contributed by atoms with Crippen molar-refractivity contribution in [2.75, 3.05) is 19.7 Å². The van der Waals surface area contributed by atoms with Crippen LogP contribution < -0.4 is 5.32 Å². The van der Waals surface area contributed by atoms with Gasteiger partial charge in [0.25, 0.3) is 0 Å². The van der Waals surface area contributed by atoms with Gasteiger partial charge in [-0.05, 0) is 19.4 Å². The predicted molar refractivity (Wildman–Crippen MR) is 47.4 cm³/mol. The van der Waals surface area contributed by atoms with Crippen LogP contribution in [0.5, 0.6) is 0 Å². The van der Waals surface area contributed by atoms with Crippen LogP contribution in [0, 0.1) is 0 Å². The summed E-state index contributed by atoms with van der Waals surface area (Å²) in [5.74, 6) is 0. The lowest BCUT2D eigenvalue weighted by Gasteiger charge is -2.43.